The molecule has 23 heavy (non-hydrogen) atoms. The van der Waals surface area contributed by atoms with Gasteiger partial charge in [-0.3, -0.25) is 14.6 Å². The smallest absolute Gasteiger partial charge is 0.225 e. The Kier molecular flexibility index (Phi) is 5.84. The molecule has 2 N–H and O–H groups in total. The van der Waals surface area contributed by atoms with E-state index in [0.29, 0.717) is 21.8 Å². The molecule has 0 aliphatic heterocycles. The van der Waals surface area contributed by atoms with Crippen LogP contribution in [0.1, 0.15) is 29.3 Å². The number of hydrogen-bond acceptors (Lipinski definition) is 4. The van der Waals surface area contributed by atoms with Crippen molar-refractivity contribution in [3.8, 4) is 0 Å². The number of hydrogen-bond donors (Lipinski definition) is 2. The summed E-state index contributed by atoms with van der Waals surface area (Å²) >= 11 is 5.80. The van der Waals surface area contributed by atoms with Crippen molar-refractivity contribution in [3.05, 3.63) is 58.9 Å². The topological polar surface area (TPSA) is 79.3 Å². The first-order valence-electron chi connectivity index (χ1n) is 7.14. The number of aliphatic hydroxyl groups excluding tert-OH is 1. The van der Waals surface area contributed by atoms with Gasteiger partial charge in [0.1, 0.15) is 0 Å². The average molecular weight is 333 g/mol. The molecular weight excluding hydrogens is 316 g/mol. The molecule has 1 atom stereocenters. The minimum atomic E-state index is -0.467. The Morgan fingerprint density at radius 3 is 2.61 bits per heavy atom. The number of carbonyl (C=O) groups is 2. The van der Waals surface area contributed by atoms with Gasteiger partial charge in [-0.2, -0.15) is 0 Å². The summed E-state index contributed by atoms with van der Waals surface area (Å²) in [6.07, 6.45) is 3.05. The number of Topliss-reactive ketones (excluding diaryl/α,β-unsaturated/α-hetero) is 1. The van der Waals surface area contributed by atoms with Gasteiger partial charge >= 0.3 is 0 Å². The minimum Gasteiger partial charge on any atom is -0.392 e. The van der Waals surface area contributed by atoms with Gasteiger partial charge in [0.15, 0.2) is 5.78 Å². The van der Waals surface area contributed by atoms with Crippen LogP contribution in [0.4, 0.5) is 5.69 Å². The predicted octanol–water partition coefficient (Wildman–Crippen LogP) is 3.07. The summed E-state index contributed by atoms with van der Waals surface area (Å²) in [5, 5.41) is 12.5. The molecule has 5 nitrogen and oxygen atoms in total. The van der Waals surface area contributed by atoms with Crippen molar-refractivity contribution in [1.29, 1.82) is 0 Å². The number of benzene rings is 1. The monoisotopic (exact) mass is 332 g/mol. The van der Waals surface area contributed by atoms with E-state index >= 15 is 0 Å². The number of nitrogens with zero attached hydrogens (tertiary/aromatic N) is 1. The Morgan fingerprint density at radius 1 is 1.26 bits per heavy atom. The molecule has 1 amide bonds. The molecule has 2 rings (SSSR count). The zero-order valence-electron chi connectivity index (χ0n) is 12.6. The molecule has 0 aliphatic rings. The van der Waals surface area contributed by atoms with Gasteiger partial charge in [0.05, 0.1) is 18.5 Å². The number of anilines is 1. The number of amides is 1. The molecule has 1 aromatic heterocycles. The fraction of sp³-hybridized carbons (Fsp3) is 0.235. The molecule has 2 aromatic rings. The lowest BCUT2D eigenvalue weighted by atomic mass is 9.96. The lowest BCUT2D eigenvalue weighted by Crippen LogP contribution is -2.21. The number of aliphatic hydroxyl groups is 1. The molecule has 0 bridgehead atoms. The number of rotatable bonds is 6. The molecule has 0 aliphatic carbocycles. The first kappa shape index (κ1) is 17.1. The molecule has 1 heterocycles. The van der Waals surface area contributed by atoms with Crippen LogP contribution in [0.3, 0.4) is 0 Å². The standard InChI is InChI=1S/C17H17ClN2O3/c1-11(17(23)12-2-4-14(18)5-3-12)8-16(22)20-15-9-19-7-6-13(15)10-21/h2-7,9,11,21H,8,10H2,1H3,(H,20,22). The van der Waals surface area contributed by atoms with Crippen molar-refractivity contribution in [1.82, 2.24) is 4.98 Å². The average Bonchev–Trinajstić information content (AvgIpc) is 2.55. The van der Waals surface area contributed by atoms with Gasteiger partial charge in [0, 0.05) is 34.7 Å². The number of nitrogens with one attached hydrogen (secondary N) is 1. The normalized spacial score (nSPS) is 11.8. The summed E-state index contributed by atoms with van der Waals surface area (Å²) in [6.45, 7) is 1.50. The zero-order chi connectivity index (χ0) is 16.8. The fourth-order valence-electron chi connectivity index (χ4n) is 2.14. The van der Waals surface area contributed by atoms with E-state index in [1.54, 1.807) is 37.3 Å². The molecule has 0 saturated heterocycles. The first-order valence-corrected chi connectivity index (χ1v) is 7.52. The number of aromatic nitrogens is 1. The van der Waals surface area contributed by atoms with Gasteiger partial charge < -0.3 is 10.4 Å². The van der Waals surface area contributed by atoms with Gasteiger partial charge in [0.2, 0.25) is 5.91 Å². The highest BCUT2D eigenvalue weighted by Gasteiger charge is 2.19. The van der Waals surface area contributed by atoms with Crippen molar-refractivity contribution in [3.63, 3.8) is 0 Å². The summed E-state index contributed by atoms with van der Waals surface area (Å²) in [6, 6.07) is 8.20. The van der Waals surface area contributed by atoms with Crippen molar-refractivity contribution in [2.24, 2.45) is 5.92 Å². The zero-order valence-corrected chi connectivity index (χ0v) is 13.4. The van der Waals surface area contributed by atoms with Crippen molar-refractivity contribution in [2.75, 3.05) is 5.32 Å². The third-order valence-corrected chi connectivity index (χ3v) is 3.68. The van der Waals surface area contributed by atoms with Gasteiger partial charge in [-0.05, 0) is 30.3 Å². The summed E-state index contributed by atoms with van der Waals surface area (Å²) in [4.78, 5) is 28.3. The van der Waals surface area contributed by atoms with E-state index in [9.17, 15) is 14.7 Å². The number of halogens is 1. The van der Waals surface area contributed by atoms with Crippen LogP contribution in [0.15, 0.2) is 42.7 Å². The fourth-order valence-corrected chi connectivity index (χ4v) is 2.27. The number of carbonyl (C=O) groups excluding carboxylic acids is 2. The second-order valence-corrected chi connectivity index (χ2v) is 5.65. The van der Waals surface area contributed by atoms with Crippen LogP contribution in [0.25, 0.3) is 0 Å². The number of ketones is 1. The quantitative estimate of drug-likeness (QED) is 0.797. The van der Waals surface area contributed by atoms with Crippen LogP contribution < -0.4 is 5.32 Å². The molecule has 6 heteroatoms. The van der Waals surface area contributed by atoms with Crippen LogP contribution in [-0.2, 0) is 11.4 Å². The molecule has 1 aromatic carbocycles. The van der Waals surface area contributed by atoms with Crippen molar-refractivity contribution < 1.29 is 14.7 Å². The maximum Gasteiger partial charge on any atom is 0.225 e. The highest BCUT2D eigenvalue weighted by molar-refractivity contribution is 6.30. The van der Waals surface area contributed by atoms with Crippen molar-refractivity contribution >= 4 is 29.0 Å². The summed E-state index contributed by atoms with van der Waals surface area (Å²) in [7, 11) is 0. The van der Waals surface area contributed by atoms with E-state index in [1.165, 1.54) is 12.4 Å². The Morgan fingerprint density at radius 2 is 1.96 bits per heavy atom. The van der Waals surface area contributed by atoms with Crippen LogP contribution in [0, 0.1) is 5.92 Å². The minimum absolute atomic E-state index is 0.0429. The van der Waals surface area contributed by atoms with Crippen molar-refractivity contribution in [2.45, 2.75) is 20.0 Å². The van der Waals surface area contributed by atoms with E-state index in [1.807, 2.05) is 0 Å². The highest BCUT2D eigenvalue weighted by Crippen LogP contribution is 2.18. The molecule has 0 saturated carbocycles. The second kappa shape index (κ2) is 7.85. The lowest BCUT2D eigenvalue weighted by Gasteiger charge is -2.12. The maximum absolute atomic E-state index is 12.3. The highest BCUT2D eigenvalue weighted by atomic mass is 35.5. The van der Waals surface area contributed by atoms with Gasteiger partial charge in [-0.25, -0.2) is 0 Å². The molecule has 0 radical (unpaired) electrons. The maximum atomic E-state index is 12.3. The molecule has 0 spiro atoms. The van der Waals surface area contributed by atoms with Gasteiger partial charge in [-0.1, -0.05) is 18.5 Å². The Bertz CT molecular complexity index is 701. The summed E-state index contributed by atoms with van der Waals surface area (Å²) in [5.74, 6) is -0.890. The van der Waals surface area contributed by atoms with E-state index in [0.717, 1.165) is 0 Å². The van der Waals surface area contributed by atoms with Gasteiger partial charge in [-0.15, -0.1) is 0 Å². The van der Waals surface area contributed by atoms with E-state index in [2.05, 4.69) is 10.3 Å². The Hall–Kier alpha value is -2.24. The van der Waals surface area contributed by atoms with E-state index in [-0.39, 0.29) is 24.7 Å². The summed E-state index contributed by atoms with van der Waals surface area (Å²) in [5.41, 5.74) is 1.54. The lowest BCUT2D eigenvalue weighted by molar-refractivity contribution is -0.116. The molecule has 1 unspecified atom stereocenters. The second-order valence-electron chi connectivity index (χ2n) is 5.22. The van der Waals surface area contributed by atoms with Gasteiger partial charge in [0.25, 0.3) is 0 Å². The SMILES string of the molecule is CC(CC(=O)Nc1cnccc1CO)C(=O)c1ccc(Cl)cc1. The largest absolute Gasteiger partial charge is 0.392 e. The van der Waals surface area contributed by atoms with E-state index in [4.69, 9.17) is 11.6 Å². The van der Waals surface area contributed by atoms with Crippen LogP contribution in [0.2, 0.25) is 5.02 Å². The Balaban J connectivity index is 1.99. The number of pyridine rings is 1. The predicted molar refractivity (Wildman–Crippen MR) is 88.4 cm³/mol. The summed E-state index contributed by atoms with van der Waals surface area (Å²) < 4.78 is 0. The Labute approximate surface area is 139 Å². The van der Waals surface area contributed by atoms with E-state index < -0.39 is 5.92 Å². The van der Waals surface area contributed by atoms with Crippen LogP contribution in [0.5, 0.6) is 0 Å². The third-order valence-electron chi connectivity index (χ3n) is 3.42. The van der Waals surface area contributed by atoms with Crippen LogP contribution in [-0.4, -0.2) is 21.8 Å². The first-order chi connectivity index (χ1) is 11.0. The molecule has 120 valence electrons. The molecule has 0 fully saturated rings. The molecular formula is C17H17ClN2O3. The van der Waals surface area contributed by atoms with Crippen LogP contribution >= 0.6 is 11.6 Å². The third kappa shape index (κ3) is 4.61.